The lowest BCUT2D eigenvalue weighted by molar-refractivity contribution is -0.118. The Balaban J connectivity index is 2.40. The van der Waals surface area contributed by atoms with Gasteiger partial charge in [-0.05, 0) is 37.1 Å². The van der Waals surface area contributed by atoms with Gasteiger partial charge in [0.15, 0.2) is 0 Å². The molecule has 0 aliphatic rings. The maximum absolute atomic E-state index is 11.7. The number of nitrogens with two attached hydrogens (primary N) is 1. The van der Waals surface area contributed by atoms with E-state index in [1.54, 1.807) is 0 Å². The minimum Gasteiger partial charge on any atom is -0.330 e. The highest BCUT2D eigenvalue weighted by Gasteiger charge is 2.07. The Kier molecular flexibility index (Phi) is 6.78. The molecule has 1 rings (SSSR count). The molecule has 0 fully saturated rings. The normalized spacial score (nSPS) is 10.5. The van der Waals surface area contributed by atoms with Gasteiger partial charge in [-0.2, -0.15) is 0 Å². The predicted molar refractivity (Wildman–Crippen MR) is 75.4 cm³/mol. The van der Waals surface area contributed by atoms with Gasteiger partial charge in [0.1, 0.15) is 5.78 Å². The molecule has 94 valence electrons. The fourth-order valence-electron chi connectivity index (χ4n) is 1.61. The predicted octanol–water partition coefficient (Wildman–Crippen LogP) is 3.73. The van der Waals surface area contributed by atoms with E-state index < -0.39 is 0 Å². The van der Waals surface area contributed by atoms with Gasteiger partial charge >= 0.3 is 0 Å². The summed E-state index contributed by atoms with van der Waals surface area (Å²) in [5.41, 5.74) is 6.30. The molecule has 0 aliphatic heterocycles. The number of benzene rings is 1. The van der Waals surface area contributed by atoms with Crippen molar-refractivity contribution in [2.24, 2.45) is 5.73 Å². The largest absolute Gasteiger partial charge is 0.330 e. The zero-order valence-electron chi connectivity index (χ0n) is 9.72. The Morgan fingerprint density at radius 2 is 2.06 bits per heavy atom. The number of rotatable bonds is 7. The molecule has 0 aliphatic carbocycles. The van der Waals surface area contributed by atoms with Crippen molar-refractivity contribution in [3.05, 3.63) is 33.3 Å². The molecule has 0 unspecified atom stereocenters. The Morgan fingerprint density at radius 3 is 2.71 bits per heavy atom. The van der Waals surface area contributed by atoms with E-state index in [0.717, 1.165) is 29.3 Å². The number of hydrogen-bond donors (Lipinski definition) is 1. The van der Waals surface area contributed by atoms with Crippen molar-refractivity contribution >= 4 is 33.3 Å². The van der Waals surface area contributed by atoms with E-state index >= 15 is 0 Å². The molecular weight excluding hydrogens is 302 g/mol. The Hall–Kier alpha value is -0.380. The Morgan fingerprint density at radius 1 is 1.29 bits per heavy atom. The molecule has 0 radical (unpaired) electrons. The second-order valence-corrected chi connectivity index (χ2v) is 5.37. The summed E-state index contributed by atoms with van der Waals surface area (Å²) in [6.45, 7) is 0.701. The number of unbranched alkanes of at least 4 members (excludes halogenated alkanes) is 2. The van der Waals surface area contributed by atoms with Crippen LogP contribution in [0.3, 0.4) is 0 Å². The van der Waals surface area contributed by atoms with Crippen LogP contribution < -0.4 is 5.73 Å². The van der Waals surface area contributed by atoms with Crippen LogP contribution in [-0.2, 0) is 11.2 Å². The lowest BCUT2D eigenvalue weighted by Crippen LogP contribution is -2.04. The molecule has 0 bridgehead atoms. The summed E-state index contributed by atoms with van der Waals surface area (Å²) in [5, 5.41) is 0.648. The minimum atomic E-state index is 0.242. The van der Waals surface area contributed by atoms with Crippen molar-refractivity contribution in [1.29, 1.82) is 0 Å². The molecule has 0 amide bonds. The van der Waals surface area contributed by atoms with Crippen molar-refractivity contribution in [2.45, 2.75) is 32.1 Å². The lowest BCUT2D eigenvalue weighted by Gasteiger charge is -2.04. The third-order valence-corrected chi connectivity index (χ3v) is 3.41. The first-order valence-corrected chi connectivity index (χ1v) is 6.96. The summed E-state index contributed by atoms with van der Waals surface area (Å²) in [7, 11) is 0. The van der Waals surface area contributed by atoms with Crippen LogP contribution in [0.15, 0.2) is 22.7 Å². The van der Waals surface area contributed by atoms with Gasteiger partial charge in [0.25, 0.3) is 0 Å². The zero-order chi connectivity index (χ0) is 12.7. The Bertz CT molecular complexity index is 382. The van der Waals surface area contributed by atoms with Crippen molar-refractivity contribution in [1.82, 2.24) is 0 Å². The third kappa shape index (κ3) is 5.66. The van der Waals surface area contributed by atoms with Crippen LogP contribution in [0.1, 0.15) is 31.2 Å². The van der Waals surface area contributed by atoms with E-state index in [9.17, 15) is 4.79 Å². The van der Waals surface area contributed by atoms with Crippen molar-refractivity contribution in [2.75, 3.05) is 6.54 Å². The summed E-state index contributed by atoms with van der Waals surface area (Å²) >= 11 is 9.40. The highest BCUT2D eigenvalue weighted by Crippen LogP contribution is 2.22. The number of Topliss-reactive ketones (excluding diaryl/α,β-unsaturated/α-hetero) is 1. The molecule has 1 aromatic rings. The molecule has 2 N–H and O–H groups in total. The average Bonchev–Trinajstić information content (AvgIpc) is 2.28. The number of carbonyl (C=O) groups is 1. The second-order valence-electron chi connectivity index (χ2n) is 4.05. The van der Waals surface area contributed by atoms with E-state index in [1.165, 1.54) is 0 Å². The summed E-state index contributed by atoms with van der Waals surface area (Å²) in [4.78, 5) is 11.7. The topological polar surface area (TPSA) is 43.1 Å². The van der Waals surface area contributed by atoms with Gasteiger partial charge in [0, 0.05) is 22.3 Å². The van der Waals surface area contributed by atoms with Crippen LogP contribution >= 0.6 is 27.5 Å². The molecule has 0 heterocycles. The van der Waals surface area contributed by atoms with Gasteiger partial charge in [-0.15, -0.1) is 0 Å². The van der Waals surface area contributed by atoms with Gasteiger partial charge in [-0.3, -0.25) is 4.79 Å². The van der Waals surface area contributed by atoms with Crippen molar-refractivity contribution in [3.8, 4) is 0 Å². The van der Waals surface area contributed by atoms with Gasteiger partial charge < -0.3 is 5.73 Å². The number of ketones is 1. The molecule has 0 spiro atoms. The summed E-state index contributed by atoms with van der Waals surface area (Å²) in [5.74, 6) is 0.242. The third-order valence-electron chi connectivity index (χ3n) is 2.56. The average molecular weight is 319 g/mol. The summed E-state index contributed by atoms with van der Waals surface area (Å²) in [6, 6.07) is 5.62. The lowest BCUT2D eigenvalue weighted by atomic mass is 10.0. The molecule has 0 aromatic heterocycles. The quantitative estimate of drug-likeness (QED) is 0.778. The van der Waals surface area contributed by atoms with E-state index in [0.29, 0.717) is 24.4 Å². The van der Waals surface area contributed by atoms with Gasteiger partial charge in [0.2, 0.25) is 0 Å². The van der Waals surface area contributed by atoms with E-state index in [-0.39, 0.29) is 5.78 Å². The molecule has 0 atom stereocenters. The molecular formula is C13H17BrClNO. The number of halogens is 2. The van der Waals surface area contributed by atoms with E-state index in [2.05, 4.69) is 15.9 Å². The van der Waals surface area contributed by atoms with Crippen LogP contribution in [0.4, 0.5) is 0 Å². The maximum Gasteiger partial charge on any atom is 0.137 e. The maximum atomic E-state index is 11.7. The molecule has 1 aromatic carbocycles. The zero-order valence-corrected chi connectivity index (χ0v) is 12.1. The molecule has 4 heteroatoms. The first-order chi connectivity index (χ1) is 8.13. The van der Waals surface area contributed by atoms with Gasteiger partial charge in [0.05, 0.1) is 0 Å². The summed E-state index contributed by atoms with van der Waals surface area (Å²) < 4.78 is 0.932. The fourth-order valence-corrected chi connectivity index (χ4v) is 2.35. The first kappa shape index (κ1) is 14.7. The highest BCUT2D eigenvalue weighted by atomic mass is 79.9. The fraction of sp³-hybridized carbons (Fsp3) is 0.462. The van der Waals surface area contributed by atoms with E-state index in [4.69, 9.17) is 17.3 Å². The smallest absolute Gasteiger partial charge is 0.137 e. The molecule has 2 nitrogen and oxygen atoms in total. The van der Waals surface area contributed by atoms with Gasteiger partial charge in [-0.1, -0.05) is 40.0 Å². The highest BCUT2D eigenvalue weighted by molar-refractivity contribution is 9.10. The standard InChI is InChI=1S/C13H17BrClNO/c14-11-6-5-10(13(15)9-11)8-12(17)4-2-1-3-7-16/h5-6,9H,1-4,7-8,16H2. The monoisotopic (exact) mass is 317 g/mol. The molecule has 17 heavy (non-hydrogen) atoms. The van der Waals surface area contributed by atoms with Crippen molar-refractivity contribution in [3.63, 3.8) is 0 Å². The van der Waals surface area contributed by atoms with Crippen molar-refractivity contribution < 1.29 is 4.79 Å². The van der Waals surface area contributed by atoms with Crippen LogP contribution in [0.5, 0.6) is 0 Å². The SMILES string of the molecule is NCCCCCC(=O)Cc1ccc(Br)cc1Cl. The molecule has 0 saturated carbocycles. The Labute approximate surface area is 116 Å². The first-order valence-electron chi connectivity index (χ1n) is 5.79. The van der Waals surface area contributed by atoms with Crippen LogP contribution in [0, 0.1) is 0 Å². The summed E-state index contributed by atoms with van der Waals surface area (Å²) in [6.07, 6.45) is 3.98. The number of carbonyl (C=O) groups excluding carboxylic acids is 1. The number of hydrogen-bond acceptors (Lipinski definition) is 2. The second kappa shape index (κ2) is 7.85. The van der Waals surface area contributed by atoms with E-state index in [1.807, 2.05) is 18.2 Å². The minimum absolute atomic E-state index is 0.242. The van der Waals surface area contributed by atoms with Gasteiger partial charge in [-0.25, -0.2) is 0 Å². The van der Waals surface area contributed by atoms with Crippen LogP contribution in [-0.4, -0.2) is 12.3 Å². The van der Waals surface area contributed by atoms with Crippen LogP contribution in [0.25, 0.3) is 0 Å². The molecule has 0 saturated heterocycles. The van der Waals surface area contributed by atoms with Crippen LogP contribution in [0.2, 0.25) is 5.02 Å².